The molecule has 1 N–H and O–H groups in total. The van der Waals surface area contributed by atoms with Crippen LogP contribution >= 0.6 is 0 Å². The van der Waals surface area contributed by atoms with Crippen LogP contribution in [0.3, 0.4) is 0 Å². The van der Waals surface area contributed by atoms with Crippen LogP contribution in [-0.4, -0.2) is 61.5 Å². The lowest BCUT2D eigenvalue weighted by Crippen LogP contribution is -2.39. The lowest BCUT2D eigenvalue weighted by atomic mass is 9.97. The predicted molar refractivity (Wildman–Crippen MR) is 93.7 cm³/mol. The van der Waals surface area contributed by atoms with Crippen LogP contribution in [0.25, 0.3) is 0 Å². The molecule has 3 rings (SSSR count). The van der Waals surface area contributed by atoms with Gasteiger partial charge in [0.1, 0.15) is 0 Å². The molecule has 4 heteroatoms. The van der Waals surface area contributed by atoms with Crippen molar-refractivity contribution in [2.24, 2.45) is 5.92 Å². The van der Waals surface area contributed by atoms with E-state index >= 15 is 0 Å². The van der Waals surface area contributed by atoms with Gasteiger partial charge in [0.15, 0.2) is 0 Å². The van der Waals surface area contributed by atoms with E-state index in [9.17, 15) is 4.79 Å². The Bertz CT molecular complexity index is 525. The van der Waals surface area contributed by atoms with Gasteiger partial charge in [-0.15, -0.1) is 0 Å². The van der Waals surface area contributed by atoms with E-state index in [0.29, 0.717) is 0 Å². The third kappa shape index (κ3) is 4.55. The van der Waals surface area contributed by atoms with Crippen LogP contribution in [0.1, 0.15) is 35.2 Å². The lowest BCUT2D eigenvalue weighted by molar-refractivity contribution is 0.0760. The molecule has 1 amide bonds. The van der Waals surface area contributed by atoms with Crippen molar-refractivity contribution in [2.75, 3.05) is 45.8 Å². The molecule has 2 fully saturated rings. The molecule has 23 heavy (non-hydrogen) atoms. The highest BCUT2D eigenvalue weighted by Gasteiger charge is 2.22. The summed E-state index contributed by atoms with van der Waals surface area (Å²) in [5.41, 5.74) is 1.98. The number of benzene rings is 1. The van der Waals surface area contributed by atoms with Crippen LogP contribution in [0, 0.1) is 12.8 Å². The number of carbonyl (C=O) groups excluding carboxylic acids is 1. The summed E-state index contributed by atoms with van der Waals surface area (Å²) in [6, 6.07) is 7.96. The molecule has 0 atom stereocenters. The van der Waals surface area contributed by atoms with E-state index in [4.69, 9.17) is 0 Å². The van der Waals surface area contributed by atoms with Gasteiger partial charge >= 0.3 is 0 Å². The topological polar surface area (TPSA) is 35.6 Å². The Labute approximate surface area is 139 Å². The highest BCUT2D eigenvalue weighted by atomic mass is 16.2. The maximum Gasteiger partial charge on any atom is 0.253 e. The zero-order valence-electron chi connectivity index (χ0n) is 14.3. The Balaban J connectivity index is 1.54. The van der Waals surface area contributed by atoms with Crippen molar-refractivity contribution < 1.29 is 4.79 Å². The van der Waals surface area contributed by atoms with Gasteiger partial charge in [0.2, 0.25) is 0 Å². The third-order valence-corrected chi connectivity index (χ3v) is 5.12. The molecule has 2 aliphatic heterocycles. The van der Waals surface area contributed by atoms with Gasteiger partial charge in [0.25, 0.3) is 5.91 Å². The van der Waals surface area contributed by atoms with Gasteiger partial charge in [0.05, 0.1) is 0 Å². The molecule has 0 aromatic heterocycles. The highest BCUT2D eigenvalue weighted by Crippen LogP contribution is 2.16. The summed E-state index contributed by atoms with van der Waals surface area (Å²) in [6.07, 6.45) is 3.67. The second-order valence-corrected chi connectivity index (χ2v) is 7.01. The fraction of sp³-hybridized carbons (Fsp3) is 0.632. The van der Waals surface area contributed by atoms with E-state index in [1.165, 1.54) is 19.4 Å². The van der Waals surface area contributed by atoms with Crippen LogP contribution in [0.2, 0.25) is 0 Å². The molecule has 2 saturated heterocycles. The number of piperidine rings is 1. The van der Waals surface area contributed by atoms with E-state index in [-0.39, 0.29) is 5.91 Å². The van der Waals surface area contributed by atoms with Crippen LogP contribution in [0.5, 0.6) is 0 Å². The molecule has 0 aliphatic carbocycles. The van der Waals surface area contributed by atoms with Crippen LogP contribution in [-0.2, 0) is 0 Å². The zero-order chi connectivity index (χ0) is 16.1. The van der Waals surface area contributed by atoms with Crippen molar-refractivity contribution in [3.63, 3.8) is 0 Å². The van der Waals surface area contributed by atoms with Gasteiger partial charge in [-0.2, -0.15) is 0 Å². The first-order valence-corrected chi connectivity index (χ1v) is 9.01. The quantitative estimate of drug-likeness (QED) is 0.928. The van der Waals surface area contributed by atoms with Gasteiger partial charge in [-0.3, -0.25) is 4.79 Å². The van der Waals surface area contributed by atoms with Crippen molar-refractivity contribution in [1.29, 1.82) is 0 Å². The van der Waals surface area contributed by atoms with E-state index in [1.807, 2.05) is 36.1 Å². The normalized spacial score (nSPS) is 21.2. The monoisotopic (exact) mass is 315 g/mol. The highest BCUT2D eigenvalue weighted by molar-refractivity contribution is 5.94. The lowest BCUT2D eigenvalue weighted by Gasteiger charge is -2.29. The molecule has 2 aliphatic rings. The molecule has 126 valence electrons. The van der Waals surface area contributed by atoms with Crippen molar-refractivity contribution in [1.82, 2.24) is 15.1 Å². The van der Waals surface area contributed by atoms with Gasteiger partial charge < -0.3 is 15.1 Å². The number of hydrogen-bond donors (Lipinski definition) is 1. The van der Waals surface area contributed by atoms with Gasteiger partial charge in [-0.25, -0.2) is 0 Å². The molecule has 0 radical (unpaired) electrons. The number of rotatable bonds is 3. The predicted octanol–water partition coefficient (Wildman–Crippen LogP) is 2.14. The van der Waals surface area contributed by atoms with Crippen molar-refractivity contribution in [3.8, 4) is 0 Å². The second kappa shape index (κ2) is 7.93. The molecule has 2 heterocycles. The van der Waals surface area contributed by atoms with Crippen molar-refractivity contribution in [2.45, 2.75) is 26.2 Å². The Hall–Kier alpha value is -1.39. The van der Waals surface area contributed by atoms with Crippen molar-refractivity contribution in [3.05, 3.63) is 35.4 Å². The van der Waals surface area contributed by atoms with Crippen LogP contribution in [0.15, 0.2) is 24.3 Å². The standard InChI is InChI=1S/C19H29N3O/c1-16-4-2-5-18(14-16)19(23)22-11-3-10-21(12-13-22)15-17-6-8-20-9-7-17/h2,4-5,14,17,20H,3,6-13,15H2,1H3. The van der Waals surface area contributed by atoms with Gasteiger partial charge in [-0.1, -0.05) is 17.7 Å². The molecule has 0 unspecified atom stereocenters. The number of amides is 1. The fourth-order valence-electron chi connectivity index (χ4n) is 3.75. The number of nitrogens with one attached hydrogen (secondary N) is 1. The number of aryl methyl sites for hydroxylation is 1. The van der Waals surface area contributed by atoms with E-state index in [1.54, 1.807) is 0 Å². The van der Waals surface area contributed by atoms with Gasteiger partial charge in [-0.05, 0) is 63.9 Å². The molecular formula is C19H29N3O. The number of hydrogen-bond acceptors (Lipinski definition) is 3. The molecule has 0 bridgehead atoms. The summed E-state index contributed by atoms with van der Waals surface area (Å²) in [5.74, 6) is 1.02. The smallest absolute Gasteiger partial charge is 0.253 e. The van der Waals surface area contributed by atoms with Crippen molar-refractivity contribution >= 4 is 5.91 Å². The first kappa shape index (κ1) is 16.5. The summed E-state index contributed by atoms with van der Waals surface area (Å²) in [7, 11) is 0. The summed E-state index contributed by atoms with van der Waals surface area (Å²) >= 11 is 0. The summed E-state index contributed by atoms with van der Waals surface area (Å²) < 4.78 is 0. The largest absolute Gasteiger partial charge is 0.337 e. The van der Waals surface area contributed by atoms with E-state index in [0.717, 1.165) is 62.7 Å². The maximum atomic E-state index is 12.7. The maximum absolute atomic E-state index is 12.7. The summed E-state index contributed by atoms with van der Waals surface area (Å²) in [4.78, 5) is 17.3. The number of nitrogens with zero attached hydrogens (tertiary/aromatic N) is 2. The average Bonchev–Trinajstić information content (AvgIpc) is 2.81. The van der Waals surface area contributed by atoms with E-state index < -0.39 is 0 Å². The molecule has 1 aromatic rings. The number of carbonyl (C=O) groups is 1. The summed E-state index contributed by atoms with van der Waals surface area (Å²) in [6.45, 7) is 9.46. The second-order valence-electron chi connectivity index (χ2n) is 7.01. The van der Waals surface area contributed by atoms with Crippen LogP contribution in [0.4, 0.5) is 0 Å². The molecule has 0 spiro atoms. The Morgan fingerprint density at radius 3 is 2.78 bits per heavy atom. The average molecular weight is 315 g/mol. The molecular weight excluding hydrogens is 286 g/mol. The minimum atomic E-state index is 0.192. The van der Waals surface area contributed by atoms with E-state index in [2.05, 4.69) is 10.2 Å². The Morgan fingerprint density at radius 1 is 1.17 bits per heavy atom. The van der Waals surface area contributed by atoms with Gasteiger partial charge in [0, 0.05) is 31.7 Å². The molecule has 0 saturated carbocycles. The molecule has 1 aromatic carbocycles. The SMILES string of the molecule is Cc1cccc(C(=O)N2CCCN(CC3CCNCC3)CC2)c1. The minimum absolute atomic E-state index is 0.192. The summed E-state index contributed by atoms with van der Waals surface area (Å²) in [5, 5.41) is 3.44. The Morgan fingerprint density at radius 2 is 2.00 bits per heavy atom. The molecule has 4 nitrogen and oxygen atoms in total. The van der Waals surface area contributed by atoms with Crippen LogP contribution < -0.4 is 5.32 Å². The fourth-order valence-corrected chi connectivity index (χ4v) is 3.75. The first-order valence-electron chi connectivity index (χ1n) is 9.01. The first-order chi connectivity index (χ1) is 11.2. The Kier molecular flexibility index (Phi) is 5.68. The minimum Gasteiger partial charge on any atom is -0.337 e. The zero-order valence-corrected chi connectivity index (χ0v) is 14.3. The third-order valence-electron chi connectivity index (χ3n) is 5.12.